The van der Waals surface area contributed by atoms with Crippen LogP contribution in [0.5, 0.6) is 0 Å². The SMILES string of the molecule is CCCCCCCCCc1ccc(C(C[N+](C)(C)C)OP(=O)([O-])O)cc1. The lowest BCUT2D eigenvalue weighted by Gasteiger charge is -2.31. The number of phosphoric acid groups is 1. The molecule has 5 nitrogen and oxygen atoms in total. The number of rotatable bonds is 13. The summed E-state index contributed by atoms with van der Waals surface area (Å²) < 4.78 is 16.6. The van der Waals surface area contributed by atoms with Crippen molar-refractivity contribution in [2.24, 2.45) is 0 Å². The number of likely N-dealkylation sites (N-methyl/N-ethyl adjacent to an activating group) is 1. The van der Waals surface area contributed by atoms with Crippen LogP contribution in [0.1, 0.15) is 69.1 Å². The zero-order valence-corrected chi connectivity index (χ0v) is 17.7. The van der Waals surface area contributed by atoms with Crippen LogP contribution < -0.4 is 4.89 Å². The van der Waals surface area contributed by atoms with Crippen LogP contribution in [0.2, 0.25) is 0 Å². The molecule has 0 amide bonds. The van der Waals surface area contributed by atoms with Crippen molar-refractivity contribution in [1.29, 1.82) is 0 Å². The molecule has 0 heterocycles. The largest absolute Gasteiger partial charge is 0.756 e. The van der Waals surface area contributed by atoms with Crippen molar-refractivity contribution in [3.8, 4) is 0 Å². The van der Waals surface area contributed by atoms with Crippen molar-refractivity contribution in [1.82, 2.24) is 0 Å². The number of phosphoric ester groups is 1. The molecule has 1 aromatic carbocycles. The Morgan fingerprint density at radius 1 is 1.04 bits per heavy atom. The quantitative estimate of drug-likeness (QED) is 0.314. The first-order valence-electron chi connectivity index (χ1n) is 9.72. The fourth-order valence-corrected chi connectivity index (χ4v) is 3.55. The third kappa shape index (κ3) is 11.1. The number of hydrogen-bond acceptors (Lipinski definition) is 3. The van der Waals surface area contributed by atoms with E-state index in [1.54, 1.807) is 0 Å². The van der Waals surface area contributed by atoms with Crippen LogP contribution in [-0.2, 0) is 15.5 Å². The van der Waals surface area contributed by atoms with Crippen LogP contribution in [0.15, 0.2) is 24.3 Å². The third-order valence-corrected chi connectivity index (χ3v) is 4.92. The van der Waals surface area contributed by atoms with E-state index >= 15 is 0 Å². The van der Waals surface area contributed by atoms with Crippen molar-refractivity contribution in [3.63, 3.8) is 0 Å². The van der Waals surface area contributed by atoms with Gasteiger partial charge in [-0.05, 0) is 24.0 Å². The van der Waals surface area contributed by atoms with Crippen LogP contribution in [0.3, 0.4) is 0 Å². The lowest BCUT2D eigenvalue weighted by Crippen LogP contribution is -2.39. The molecule has 0 spiro atoms. The normalized spacial score (nSPS) is 15.6. The highest BCUT2D eigenvalue weighted by Gasteiger charge is 2.24. The molecule has 0 aliphatic rings. The standard InChI is InChI=1S/C20H36NO4P/c1-5-6-7-8-9-10-11-12-18-13-15-19(16-14-18)20(17-21(2,3)4)25-26(22,23)24/h13-16,20H,5-12,17H2,1-4H3,(H-,22,23,24). The topological polar surface area (TPSA) is 69.6 Å². The number of unbranched alkanes of at least 4 members (excludes halogenated alkanes) is 6. The average Bonchev–Trinajstić information content (AvgIpc) is 2.51. The van der Waals surface area contributed by atoms with Gasteiger partial charge < -0.3 is 18.8 Å². The van der Waals surface area contributed by atoms with E-state index in [4.69, 9.17) is 9.42 Å². The molecule has 0 bridgehead atoms. The Hall–Kier alpha value is -0.710. The molecule has 2 atom stereocenters. The van der Waals surface area contributed by atoms with Gasteiger partial charge in [0.2, 0.25) is 0 Å². The van der Waals surface area contributed by atoms with Gasteiger partial charge in [-0.3, -0.25) is 4.57 Å². The van der Waals surface area contributed by atoms with E-state index in [0.29, 0.717) is 11.0 Å². The highest BCUT2D eigenvalue weighted by Crippen LogP contribution is 2.39. The molecule has 26 heavy (non-hydrogen) atoms. The molecule has 0 aliphatic heterocycles. The lowest BCUT2D eigenvalue weighted by atomic mass is 10.0. The van der Waals surface area contributed by atoms with Gasteiger partial charge in [0.05, 0.1) is 21.1 Å². The fraction of sp³-hybridized carbons (Fsp3) is 0.700. The van der Waals surface area contributed by atoms with E-state index in [0.717, 1.165) is 12.0 Å². The molecule has 2 unspecified atom stereocenters. The van der Waals surface area contributed by atoms with Gasteiger partial charge in [0.25, 0.3) is 7.82 Å². The third-order valence-electron chi connectivity index (χ3n) is 4.39. The van der Waals surface area contributed by atoms with Gasteiger partial charge in [-0.25, -0.2) is 0 Å². The van der Waals surface area contributed by atoms with Crippen LogP contribution in [-0.4, -0.2) is 37.1 Å². The maximum absolute atomic E-state index is 11.2. The molecule has 1 aromatic rings. The van der Waals surface area contributed by atoms with Crippen LogP contribution in [0, 0.1) is 0 Å². The number of aryl methyl sites for hydroxylation is 1. The minimum atomic E-state index is -4.78. The maximum atomic E-state index is 11.2. The predicted molar refractivity (Wildman–Crippen MR) is 105 cm³/mol. The molecule has 0 saturated carbocycles. The Labute approximate surface area is 159 Å². The second kappa shape index (κ2) is 11.2. The van der Waals surface area contributed by atoms with E-state index in [9.17, 15) is 9.46 Å². The first-order chi connectivity index (χ1) is 12.1. The molecule has 0 aliphatic carbocycles. The molecule has 6 heteroatoms. The molecular formula is C20H36NO4P. The summed E-state index contributed by atoms with van der Waals surface area (Å²) in [6.45, 7) is 2.68. The first kappa shape index (κ1) is 23.3. The minimum absolute atomic E-state index is 0.448. The maximum Gasteiger partial charge on any atom is 0.266 e. The second-order valence-electron chi connectivity index (χ2n) is 8.15. The van der Waals surface area contributed by atoms with Crippen molar-refractivity contribution >= 4 is 7.82 Å². The molecule has 1 rings (SSSR count). The number of hydrogen-bond donors (Lipinski definition) is 1. The van der Waals surface area contributed by atoms with Crippen molar-refractivity contribution in [3.05, 3.63) is 35.4 Å². The molecule has 1 N–H and O–H groups in total. The summed E-state index contributed by atoms with van der Waals surface area (Å²) >= 11 is 0. The average molecular weight is 385 g/mol. The zero-order chi connectivity index (χ0) is 19.6. The Morgan fingerprint density at radius 3 is 2.08 bits per heavy atom. The number of nitrogens with zero attached hydrogens (tertiary/aromatic N) is 1. The van der Waals surface area contributed by atoms with Gasteiger partial charge in [-0.1, -0.05) is 69.7 Å². The Morgan fingerprint density at radius 2 is 1.58 bits per heavy atom. The van der Waals surface area contributed by atoms with Crippen LogP contribution >= 0.6 is 7.82 Å². The van der Waals surface area contributed by atoms with Gasteiger partial charge in [-0.2, -0.15) is 0 Å². The summed E-state index contributed by atoms with van der Waals surface area (Å²) in [5, 5.41) is 0. The zero-order valence-electron chi connectivity index (χ0n) is 16.8. The summed E-state index contributed by atoms with van der Waals surface area (Å²) in [5.74, 6) is 0. The lowest BCUT2D eigenvalue weighted by molar-refractivity contribution is -0.874. The summed E-state index contributed by atoms with van der Waals surface area (Å²) in [6.07, 6.45) is 9.36. The van der Waals surface area contributed by atoms with E-state index in [1.165, 1.54) is 50.5 Å². The summed E-state index contributed by atoms with van der Waals surface area (Å²) in [5.41, 5.74) is 2.02. The molecule has 0 fully saturated rings. The van der Waals surface area contributed by atoms with Crippen molar-refractivity contribution < 1.29 is 23.4 Å². The Bertz CT molecular complexity index is 548. The molecule has 0 radical (unpaired) electrons. The second-order valence-corrected chi connectivity index (χ2v) is 9.30. The molecule has 0 aromatic heterocycles. The Balaban J connectivity index is 2.55. The van der Waals surface area contributed by atoms with Crippen LogP contribution in [0.4, 0.5) is 0 Å². The highest BCUT2D eigenvalue weighted by molar-refractivity contribution is 7.44. The van der Waals surface area contributed by atoms with E-state index in [-0.39, 0.29) is 0 Å². The number of benzene rings is 1. The smallest absolute Gasteiger partial charge is 0.266 e. The number of quaternary nitrogens is 1. The van der Waals surface area contributed by atoms with E-state index in [1.807, 2.05) is 45.4 Å². The summed E-state index contributed by atoms with van der Waals surface area (Å²) in [7, 11) is 1.09. The highest BCUT2D eigenvalue weighted by atomic mass is 31.2. The molecule has 0 saturated heterocycles. The van der Waals surface area contributed by atoms with Crippen molar-refractivity contribution in [2.45, 2.75) is 64.4 Å². The van der Waals surface area contributed by atoms with E-state index in [2.05, 4.69) is 6.92 Å². The van der Waals surface area contributed by atoms with E-state index < -0.39 is 13.9 Å². The predicted octanol–water partition coefficient (Wildman–Crippen LogP) is 4.20. The fourth-order valence-electron chi connectivity index (χ4n) is 3.04. The molecule has 150 valence electrons. The minimum Gasteiger partial charge on any atom is -0.756 e. The first-order valence-corrected chi connectivity index (χ1v) is 11.2. The van der Waals surface area contributed by atoms with Gasteiger partial charge in [0.15, 0.2) is 0 Å². The van der Waals surface area contributed by atoms with Crippen LogP contribution in [0.25, 0.3) is 0 Å². The monoisotopic (exact) mass is 385 g/mol. The van der Waals surface area contributed by atoms with Gasteiger partial charge in [0.1, 0.15) is 12.6 Å². The van der Waals surface area contributed by atoms with Crippen molar-refractivity contribution in [2.75, 3.05) is 27.7 Å². The summed E-state index contributed by atoms with van der Waals surface area (Å²) in [6, 6.07) is 7.89. The van der Waals surface area contributed by atoms with Gasteiger partial charge in [-0.15, -0.1) is 0 Å². The molecular weight excluding hydrogens is 349 g/mol. The van der Waals surface area contributed by atoms with Gasteiger partial charge >= 0.3 is 0 Å². The van der Waals surface area contributed by atoms with Gasteiger partial charge in [0, 0.05) is 0 Å². The Kier molecular flexibility index (Phi) is 10.1. The summed E-state index contributed by atoms with van der Waals surface area (Å²) in [4.78, 5) is 20.3.